The third-order valence-electron chi connectivity index (χ3n) is 1.92. The van der Waals surface area contributed by atoms with Crippen LogP contribution in [0.4, 0.5) is 0 Å². The number of halogens is 2. The van der Waals surface area contributed by atoms with Crippen LogP contribution in [0.15, 0.2) is 18.2 Å². The van der Waals surface area contributed by atoms with Crippen molar-refractivity contribution >= 4 is 40.9 Å². The molecule has 14 heavy (non-hydrogen) atoms. The van der Waals surface area contributed by atoms with Crippen LogP contribution in [0.3, 0.4) is 0 Å². The van der Waals surface area contributed by atoms with Crippen molar-refractivity contribution in [3.05, 3.63) is 33.8 Å². The lowest BCUT2D eigenvalue weighted by Crippen LogP contribution is -2.18. The second-order valence-corrected chi connectivity index (χ2v) is 4.84. The van der Waals surface area contributed by atoms with Crippen molar-refractivity contribution < 1.29 is 4.79 Å². The highest BCUT2D eigenvalue weighted by Crippen LogP contribution is 2.33. The molecule has 1 aliphatic heterocycles. The first kappa shape index (κ1) is 10.1. The molecule has 1 aliphatic rings. The van der Waals surface area contributed by atoms with Crippen LogP contribution >= 0.6 is 35.0 Å². The molecule has 2 nitrogen and oxygen atoms in total. The Morgan fingerprint density at radius 3 is 2.71 bits per heavy atom. The smallest absolute Gasteiger partial charge is 0.231 e. The minimum atomic E-state index is 0.0114. The van der Waals surface area contributed by atoms with E-state index in [1.807, 2.05) is 6.07 Å². The molecule has 1 heterocycles. The van der Waals surface area contributed by atoms with E-state index in [9.17, 15) is 4.79 Å². The van der Waals surface area contributed by atoms with Gasteiger partial charge in [0, 0.05) is 0 Å². The fourth-order valence-corrected chi connectivity index (χ4v) is 2.51. The summed E-state index contributed by atoms with van der Waals surface area (Å²) >= 11 is 13.2. The Bertz CT molecular complexity index is 383. The van der Waals surface area contributed by atoms with E-state index in [4.69, 9.17) is 23.2 Å². The molecule has 2 rings (SSSR count). The van der Waals surface area contributed by atoms with E-state index >= 15 is 0 Å². The number of hydrogen-bond donors (Lipinski definition) is 1. The van der Waals surface area contributed by atoms with E-state index in [0.29, 0.717) is 15.8 Å². The highest BCUT2D eigenvalue weighted by Gasteiger charge is 2.23. The van der Waals surface area contributed by atoms with Gasteiger partial charge in [0.05, 0.1) is 15.8 Å². The van der Waals surface area contributed by atoms with Gasteiger partial charge >= 0.3 is 0 Å². The quantitative estimate of drug-likeness (QED) is 0.827. The van der Waals surface area contributed by atoms with E-state index in [2.05, 4.69) is 5.32 Å². The molecule has 1 fully saturated rings. The highest BCUT2D eigenvalue weighted by atomic mass is 35.5. The summed E-state index contributed by atoms with van der Waals surface area (Å²) in [6.07, 6.45) is 0. The van der Waals surface area contributed by atoms with Crippen molar-refractivity contribution in [2.45, 2.75) is 5.37 Å². The summed E-state index contributed by atoms with van der Waals surface area (Å²) < 4.78 is 0. The van der Waals surface area contributed by atoms with Gasteiger partial charge in [-0.15, -0.1) is 11.8 Å². The largest absolute Gasteiger partial charge is 0.339 e. The summed E-state index contributed by atoms with van der Waals surface area (Å²) in [5, 5.41) is 3.90. The minimum Gasteiger partial charge on any atom is -0.339 e. The van der Waals surface area contributed by atoms with E-state index in [-0.39, 0.29) is 11.3 Å². The van der Waals surface area contributed by atoms with Crippen LogP contribution in [-0.2, 0) is 4.79 Å². The molecule has 1 saturated heterocycles. The summed E-state index contributed by atoms with van der Waals surface area (Å²) in [7, 11) is 0. The van der Waals surface area contributed by atoms with Gasteiger partial charge < -0.3 is 5.32 Å². The summed E-state index contributed by atoms with van der Waals surface area (Å²) in [6.45, 7) is 0. The first-order chi connectivity index (χ1) is 6.66. The number of nitrogens with one attached hydrogen (secondary N) is 1. The maximum absolute atomic E-state index is 11.0. The summed E-state index contributed by atoms with van der Waals surface area (Å²) in [6, 6.07) is 5.40. The molecule has 1 N–H and O–H groups in total. The average molecular weight is 248 g/mol. The molecule has 74 valence electrons. The predicted molar refractivity (Wildman–Crippen MR) is 59.8 cm³/mol. The van der Waals surface area contributed by atoms with Crippen LogP contribution in [0.1, 0.15) is 10.9 Å². The highest BCUT2D eigenvalue weighted by molar-refractivity contribution is 8.00. The Morgan fingerprint density at radius 1 is 1.36 bits per heavy atom. The van der Waals surface area contributed by atoms with Crippen molar-refractivity contribution in [3.8, 4) is 0 Å². The lowest BCUT2D eigenvalue weighted by molar-refractivity contribution is -0.118. The molecule has 0 aliphatic carbocycles. The number of hydrogen-bond acceptors (Lipinski definition) is 2. The topological polar surface area (TPSA) is 29.1 Å². The first-order valence-electron chi connectivity index (χ1n) is 4.03. The molecular formula is C9H7Cl2NOS. The van der Waals surface area contributed by atoms with Crippen LogP contribution in [0.2, 0.25) is 10.0 Å². The van der Waals surface area contributed by atoms with Crippen molar-refractivity contribution in [1.82, 2.24) is 5.32 Å². The zero-order chi connectivity index (χ0) is 10.1. The maximum atomic E-state index is 11.0. The fraction of sp³-hybridized carbons (Fsp3) is 0.222. The predicted octanol–water partition coefficient (Wildman–Crippen LogP) is 2.86. The Balaban J connectivity index is 2.24. The molecule has 5 heteroatoms. The minimum absolute atomic E-state index is 0.0114. The average Bonchev–Trinajstić information content (AvgIpc) is 2.57. The first-order valence-corrected chi connectivity index (χ1v) is 5.83. The molecule has 0 saturated carbocycles. The lowest BCUT2D eigenvalue weighted by Gasteiger charge is -2.09. The molecule has 1 amide bonds. The molecule has 0 aromatic heterocycles. The van der Waals surface area contributed by atoms with Gasteiger partial charge in [0.2, 0.25) is 5.91 Å². The van der Waals surface area contributed by atoms with Crippen molar-refractivity contribution in [2.75, 3.05) is 5.75 Å². The van der Waals surface area contributed by atoms with Gasteiger partial charge in [0.15, 0.2) is 0 Å². The third-order valence-corrected chi connectivity index (χ3v) is 3.81. The molecular weight excluding hydrogens is 241 g/mol. The molecule has 1 unspecified atom stereocenters. The second-order valence-electron chi connectivity index (χ2n) is 2.93. The number of amides is 1. The van der Waals surface area contributed by atoms with Gasteiger partial charge in [0.25, 0.3) is 0 Å². The van der Waals surface area contributed by atoms with Crippen LogP contribution in [-0.4, -0.2) is 11.7 Å². The van der Waals surface area contributed by atoms with Crippen LogP contribution in [0.25, 0.3) is 0 Å². The monoisotopic (exact) mass is 247 g/mol. The molecule has 1 atom stereocenters. The standard InChI is InChI=1S/C9H7Cl2NOS/c10-6-2-1-5(3-7(6)11)9-12-8(13)4-14-9/h1-3,9H,4H2,(H,12,13). The van der Waals surface area contributed by atoms with Crippen molar-refractivity contribution in [1.29, 1.82) is 0 Å². The Hall–Kier alpha value is -0.380. The maximum Gasteiger partial charge on any atom is 0.231 e. The zero-order valence-electron chi connectivity index (χ0n) is 7.09. The normalized spacial score (nSPS) is 21.0. The third kappa shape index (κ3) is 2.00. The fourth-order valence-electron chi connectivity index (χ4n) is 1.24. The van der Waals surface area contributed by atoms with Crippen LogP contribution in [0.5, 0.6) is 0 Å². The summed E-state index contributed by atoms with van der Waals surface area (Å²) in [5.74, 6) is 0.566. The Labute approximate surface area is 96.0 Å². The Kier molecular flexibility index (Phi) is 2.91. The van der Waals surface area contributed by atoms with Gasteiger partial charge in [-0.05, 0) is 17.7 Å². The molecule has 1 aromatic carbocycles. The van der Waals surface area contributed by atoms with Crippen molar-refractivity contribution in [2.24, 2.45) is 0 Å². The van der Waals surface area contributed by atoms with Gasteiger partial charge in [-0.3, -0.25) is 4.79 Å². The van der Waals surface area contributed by atoms with Crippen LogP contribution < -0.4 is 5.32 Å². The number of rotatable bonds is 1. The molecule has 0 spiro atoms. The number of thioether (sulfide) groups is 1. The summed E-state index contributed by atoms with van der Waals surface area (Å²) in [5.41, 5.74) is 0.982. The van der Waals surface area contributed by atoms with E-state index in [1.54, 1.807) is 23.9 Å². The number of carbonyl (C=O) groups is 1. The van der Waals surface area contributed by atoms with Crippen LogP contribution in [0, 0.1) is 0 Å². The van der Waals surface area contributed by atoms with Gasteiger partial charge in [-0.25, -0.2) is 0 Å². The van der Waals surface area contributed by atoms with E-state index in [0.717, 1.165) is 5.56 Å². The van der Waals surface area contributed by atoms with Gasteiger partial charge in [-0.2, -0.15) is 0 Å². The lowest BCUT2D eigenvalue weighted by atomic mass is 10.2. The molecule has 0 radical (unpaired) electrons. The zero-order valence-corrected chi connectivity index (χ0v) is 9.42. The summed E-state index contributed by atoms with van der Waals surface area (Å²) in [4.78, 5) is 11.0. The van der Waals surface area contributed by atoms with Gasteiger partial charge in [0.1, 0.15) is 5.37 Å². The second kappa shape index (κ2) is 4.01. The van der Waals surface area contributed by atoms with E-state index < -0.39 is 0 Å². The van der Waals surface area contributed by atoms with Gasteiger partial charge in [-0.1, -0.05) is 29.3 Å². The molecule has 0 bridgehead atoms. The SMILES string of the molecule is O=C1CSC(c2ccc(Cl)c(Cl)c2)N1. The Morgan fingerprint density at radius 2 is 2.14 bits per heavy atom. The van der Waals surface area contributed by atoms with E-state index in [1.165, 1.54) is 0 Å². The number of carbonyl (C=O) groups excluding carboxylic acids is 1. The van der Waals surface area contributed by atoms with Crippen molar-refractivity contribution in [3.63, 3.8) is 0 Å². The number of benzene rings is 1. The molecule has 1 aromatic rings.